The van der Waals surface area contributed by atoms with Gasteiger partial charge in [0.15, 0.2) is 5.82 Å². The Morgan fingerprint density at radius 2 is 2.03 bits per heavy atom. The summed E-state index contributed by atoms with van der Waals surface area (Å²) in [6.07, 6.45) is 7.13. The summed E-state index contributed by atoms with van der Waals surface area (Å²) in [5, 5.41) is 16.1. The van der Waals surface area contributed by atoms with E-state index in [9.17, 15) is 13.2 Å². The molecule has 9 nitrogen and oxygen atoms in total. The van der Waals surface area contributed by atoms with E-state index in [2.05, 4.69) is 33.0 Å². The second-order valence-corrected chi connectivity index (χ2v) is 11.6. The molecule has 1 aromatic heterocycles. The van der Waals surface area contributed by atoms with Gasteiger partial charge in [0.25, 0.3) is 0 Å². The molecule has 2 aromatic carbocycles. The summed E-state index contributed by atoms with van der Waals surface area (Å²) in [5.74, 6) is 1.99. The number of fused-ring (bicyclic) bond motifs is 4. The molecule has 2 fully saturated rings. The molecule has 3 heterocycles. The zero-order valence-corrected chi connectivity index (χ0v) is 21.0. The standard InChI is InChI=1S/C27H24N4O5S/c1-35-16-4-6-20-18(11-16)27(26(32)29-20)13-19(27)14-3-5-17-21(9-14)30-31-25(17)28-22-10-15-7-8-37(33,34)24(15)12-23(22)36-2/h3-5,7-12,19-20H,6,13H2,1-2H3,(H,29,32)(H2,28,30,31)/t19-,20?,27-/m0/s1. The van der Waals surface area contributed by atoms with Crippen LogP contribution in [0.3, 0.4) is 0 Å². The third-order valence-electron chi connectivity index (χ3n) is 7.96. The Balaban J connectivity index is 1.20. The van der Waals surface area contributed by atoms with Crippen LogP contribution in [0.25, 0.3) is 17.0 Å². The monoisotopic (exact) mass is 516 g/mol. The number of nitrogens with one attached hydrogen (secondary N) is 3. The van der Waals surface area contributed by atoms with Gasteiger partial charge in [-0.25, -0.2) is 8.42 Å². The molecule has 37 heavy (non-hydrogen) atoms. The van der Waals surface area contributed by atoms with Crippen LogP contribution >= 0.6 is 0 Å². The quantitative estimate of drug-likeness (QED) is 0.470. The molecule has 1 saturated carbocycles. The van der Waals surface area contributed by atoms with Crippen LogP contribution in [-0.2, 0) is 19.4 Å². The number of allylic oxidation sites excluding steroid dienone is 1. The van der Waals surface area contributed by atoms with E-state index < -0.39 is 15.3 Å². The van der Waals surface area contributed by atoms with E-state index >= 15 is 0 Å². The Bertz CT molecular complexity index is 1720. The fourth-order valence-electron chi connectivity index (χ4n) is 5.98. The summed E-state index contributed by atoms with van der Waals surface area (Å²) in [6, 6.07) is 9.40. The van der Waals surface area contributed by atoms with Crippen LogP contribution < -0.4 is 15.4 Å². The van der Waals surface area contributed by atoms with E-state index in [0.29, 0.717) is 22.8 Å². The van der Waals surface area contributed by atoms with Crippen LogP contribution in [0, 0.1) is 5.41 Å². The normalized spacial score (nSPS) is 26.4. The highest BCUT2D eigenvalue weighted by Gasteiger charge is 2.67. The number of methoxy groups -OCH3 is 2. The number of aromatic amines is 1. The van der Waals surface area contributed by atoms with Gasteiger partial charge in [-0.1, -0.05) is 6.07 Å². The van der Waals surface area contributed by atoms with Crippen LogP contribution in [0.5, 0.6) is 5.75 Å². The van der Waals surface area contributed by atoms with Crippen molar-refractivity contribution < 1.29 is 22.7 Å². The number of H-pyrrole nitrogens is 1. The van der Waals surface area contributed by atoms with E-state index in [4.69, 9.17) is 9.47 Å². The Hall–Kier alpha value is -4.05. The second kappa shape index (κ2) is 7.48. The molecular formula is C27H24N4O5S. The molecule has 1 amide bonds. The van der Waals surface area contributed by atoms with Crippen molar-refractivity contribution in [2.24, 2.45) is 5.41 Å². The topological polar surface area (TPSA) is 122 Å². The zero-order chi connectivity index (χ0) is 25.5. The highest BCUT2D eigenvalue weighted by molar-refractivity contribution is 7.94. The lowest BCUT2D eigenvalue weighted by Crippen LogP contribution is -2.27. The molecule has 7 rings (SSSR count). The molecule has 0 radical (unpaired) electrons. The second-order valence-electron chi connectivity index (χ2n) is 9.84. The first-order valence-electron chi connectivity index (χ1n) is 12.0. The molecule has 1 spiro atoms. The molecule has 188 valence electrons. The maximum atomic E-state index is 13.1. The van der Waals surface area contributed by atoms with Gasteiger partial charge in [0.1, 0.15) is 11.5 Å². The Kier molecular flexibility index (Phi) is 4.48. The van der Waals surface area contributed by atoms with Crippen molar-refractivity contribution in [2.75, 3.05) is 19.5 Å². The highest BCUT2D eigenvalue weighted by atomic mass is 32.2. The van der Waals surface area contributed by atoms with Crippen LogP contribution in [0.2, 0.25) is 0 Å². The van der Waals surface area contributed by atoms with Gasteiger partial charge in [-0.2, -0.15) is 5.10 Å². The maximum absolute atomic E-state index is 13.1. The molecule has 2 aliphatic carbocycles. The lowest BCUT2D eigenvalue weighted by Gasteiger charge is -2.19. The number of anilines is 2. The minimum Gasteiger partial charge on any atom is -0.497 e. The van der Waals surface area contributed by atoms with Crippen molar-refractivity contribution in [1.29, 1.82) is 0 Å². The number of ether oxygens (including phenoxy) is 2. The largest absolute Gasteiger partial charge is 0.497 e. The molecule has 4 aliphatic rings. The molecule has 3 aromatic rings. The number of hydrogen-bond acceptors (Lipinski definition) is 7. The average Bonchev–Trinajstić information content (AvgIpc) is 3.31. The molecule has 10 heteroatoms. The Labute approximate surface area is 213 Å². The molecule has 1 saturated heterocycles. The van der Waals surface area contributed by atoms with Crippen LogP contribution in [0.1, 0.15) is 29.9 Å². The minimum absolute atomic E-state index is 0.0372. The van der Waals surface area contributed by atoms with Crippen LogP contribution in [0.15, 0.2) is 64.1 Å². The molecular weight excluding hydrogens is 492 g/mol. The number of sulfone groups is 1. The van der Waals surface area contributed by atoms with E-state index in [1.165, 1.54) is 18.6 Å². The fraction of sp³-hybridized carbons (Fsp3) is 0.259. The molecule has 2 aliphatic heterocycles. The summed E-state index contributed by atoms with van der Waals surface area (Å²) in [6.45, 7) is 0. The fourth-order valence-corrected chi connectivity index (χ4v) is 7.18. The number of aromatic nitrogens is 2. The summed E-state index contributed by atoms with van der Waals surface area (Å²) >= 11 is 0. The van der Waals surface area contributed by atoms with Gasteiger partial charge in [0.05, 0.1) is 41.8 Å². The third kappa shape index (κ3) is 3.11. The molecule has 3 N–H and O–H groups in total. The van der Waals surface area contributed by atoms with Crippen molar-refractivity contribution in [3.8, 4) is 5.75 Å². The van der Waals surface area contributed by atoms with Crippen LogP contribution in [0.4, 0.5) is 11.5 Å². The van der Waals surface area contributed by atoms with Crippen LogP contribution in [-0.4, -0.2) is 44.8 Å². The van der Waals surface area contributed by atoms with Crippen molar-refractivity contribution in [2.45, 2.75) is 29.7 Å². The van der Waals surface area contributed by atoms with Gasteiger partial charge in [-0.15, -0.1) is 0 Å². The molecule has 0 bridgehead atoms. The first kappa shape index (κ1) is 22.2. The van der Waals surface area contributed by atoms with Crippen molar-refractivity contribution in [3.63, 3.8) is 0 Å². The number of hydrogen-bond donors (Lipinski definition) is 3. The molecule has 3 atom stereocenters. The van der Waals surface area contributed by atoms with E-state index in [-0.39, 0.29) is 22.8 Å². The number of amides is 1. The van der Waals surface area contributed by atoms with Gasteiger partial charge in [0.2, 0.25) is 15.7 Å². The van der Waals surface area contributed by atoms with Crippen molar-refractivity contribution in [3.05, 3.63) is 70.4 Å². The lowest BCUT2D eigenvalue weighted by molar-refractivity contribution is -0.123. The van der Waals surface area contributed by atoms with Crippen molar-refractivity contribution in [1.82, 2.24) is 15.5 Å². The van der Waals surface area contributed by atoms with E-state index in [1.54, 1.807) is 19.3 Å². The maximum Gasteiger partial charge on any atom is 0.231 e. The number of rotatable bonds is 5. The van der Waals surface area contributed by atoms with Gasteiger partial charge >= 0.3 is 0 Å². The predicted molar refractivity (Wildman–Crippen MR) is 138 cm³/mol. The predicted octanol–water partition coefficient (Wildman–Crippen LogP) is 3.91. The summed E-state index contributed by atoms with van der Waals surface area (Å²) < 4.78 is 35.3. The number of carbonyl (C=O) groups is 1. The number of carbonyl (C=O) groups excluding carboxylic acids is 1. The first-order chi connectivity index (χ1) is 17.8. The van der Waals surface area contributed by atoms with Crippen molar-refractivity contribution >= 4 is 44.2 Å². The van der Waals surface area contributed by atoms with Gasteiger partial charge < -0.3 is 20.1 Å². The average molecular weight is 517 g/mol. The van der Waals surface area contributed by atoms with Gasteiger partial charge in [-0.05, 0) is 66.0 Å². The first-order valence-corrected chi connectivity index (χ1v) is 13.6. The summed E-state index contributed by atoms with van der Waals surface area (Å²) in [5.41, 5.74) is 3.74. The Morgan fingerprint density at radius 1 is 1.16 bits per heavy atom. The number of nitrogens with zero attached hydrogens (tertiary/aromatic N) is 1. The summed E-state index contributed by atoms with van der Waals surface area (Å²) in [7, 11) is -0.286. The Morgan fingerprint density at radius 3 is 2.84 bits per heavy atom. The minimum atomic E-state index is -3.44. The third-order valence-corrected chi connectivity index (χ3v) is 9.42. The number of benzene rings is 2. The van der Waals surface area contributed by atoms with E-state index in [0.717, 1.165) is 40.6 Å². The lowest BCUT2D eigenvalue weighted by atomic mass is 9.86. The highest BCUT2D eigenvalue weighted by Crippen LogP contribution is 2.67. The molecule has 1 unspecified atom stereocenters. The van der Waals surface area contributed by atoms with Gasteiger partial charge in [-0.3, -0.25) is 9.89 Å². The smallest absolute Gasteiger partial charge is 0.231 e. The van der Waals surface area contributed by atoms with E-state index in [1.807, 2.05) is 18.2 Å². The SMILES string of the molecule is COC1=CCC2NC(=O)[C@@]3(C[C@H]3c3ccc4c(Nc5cc6c(cc5OC)S(=O)(=O)C=C6)n[nH]c4c3)C2=C1. The van der Waals surface area contributed by atoms with Gasteiger partial charge in [0, 0.05) is 22.8 Å². The zero-order valence-electron chi connectivity index (χ0n) is 20.2. The summed E-state index contributed by atoms with van der Waals surface area (Å²) in [4.78, 5) is 13.3.